The van der Waals surface area contributed by atoms with E-state index in [9.17, 15) is 13.2 Å². The summed E-state index contributed by atoms with van der Waals surface area (Å²) in [5.41, 5.74) is 0.603. The molecule has 0 radical (unpaired) electrons. The molecule has 2 aliphatic rings. The summed E-state index contributed by atoms with van der Waals surface area (Å²) in [5.74, 6) is -1.44. The highest BCUT2D eigenvalue weighted by atomic mass is 35.5. The lowest BCUT2D eigenvalue weighted by molar-refractivity contribution is 0.0332. The van der Waals surface area contributed by atoms with E-state index in [1.807, 2.05) is 4.90 Å². The third-order valence-corrected chi connectivity index (χ3v) is 7.49. The summed E-state index contributed by atoms with van der Waals surface area (Å²) in [6.45, 7) is 2.53. The molecule has 30 heavy (non-hydrogen) atoms. The fraction of sp³-hybridized carbons (Fsp3) is 0.476. The number of halogens is 4. The van der Waals surface area contributed by atoms with Crippen molar-refractivity contribution in [2.75, 3.05) is 43.4 Å². The minimum Gasteiger partial charge on any atom is -0.370 e. The second-order valence-electron chi connectivity index (χ2n) is 8.42. The number of nitrogens with one attached hydrogen (secondary N) is 1. The molecule has 1 spiro atoms. The fourth-order valence-corrected chi connectivity index (χ4v) is 5.57. The maximum Gasteiger partial charge on any atom is 0.214 e. The molecule has 0 amide bonds. The number of hydrogen-bond donors (Lipinski definition) is 1. The van der Waals surface area contributed by atoms with Crippen LogP contribution in [0.4, 0.5) is 24.7 Å². The Balaban J connectivity index is 1.50. The van der Waals surface area contributed by atoms with Gasteiger partial charge in [0.2, 0.25) is 5.95 Å². The molecular formula is C21H24ClF3N4S. The van der Waals surface area contributed by atoms with Crippen molar-refractivity contribution in [1.29, 1.82) is 0 Å². The second kappa shape index (κ2) is 8.48. The van der Waals surface area contributed by atoms with Crippen molar-refractivity contribution in [3.63, 3.8) is 0 Å². The van der Waals surface area contributed by atoms with E-state index in [0.29, 0.717) is 23.6 Å². The van der Waals surface area contributed by atoms with E-state index in [1.165, 1.54) is 30.7 Å². The molecule has 1 aliphatic heterocycles. The smallest absolute Gasteiger partial charge is 0.214 e. The number of benzene rings is 1. The summed E-state index contributed by atoms with van der Waals surface area (Å²) >= 11 is 7.01. The zero-order chi connectivity index (χ0) is 21.5. The fourth-order valence-electron chi connectivity index (χ4n) is 4.58. The normalized spacial score (nSPS) is 23.3. The van der Waals surface area contributed by atoms with E-state index in [-0.39, 0.29) is 21.2 Å². The molecule has 2 aromatic rings. The van der Waals surface area contributed by atoms with Crippen molar-refractivity contribution < 1.29 is 13.2 Å². The van der Waals surface area contributed by atoms with E-state index < -0.39 is 17.6 Å². The van der Waals surface area contributed by atoms with Crippen LogP contribution in [0.3, 0.4) is 0 Å². The van der Waals surface area contributed by atoms with E-state index in [0.717, 1.165) is 32.5 Å². The lowest BCUT2D eigenvalue weighted by atomic mass is 9.59. The Hall–Kier alpha value is -1.64. The summed E-state index contributed by atoms with van der Waals surface area (Å²) in [5, 5.41) is -0.0894. The molecule has 1 saturated heterocycles. The van der Waals surface area contributed by atoms with E-state index >= 15 is 0 Å². The van der Waals surface area contributed by atoms with Crippen LogP contribution in [0, 0.1) is 28.9 Å². The zero-order valence-electron chi connectivity index (χ0n) is 16.9. The van der Waals surface area contributed by atoms with Crippen LogP contribution in [-0.2, 0) is 0 Å². The van der Waals surface area contributed by atoms with Gasteiger partial charge in [-0.05, 0) is 68.8 Å². The van der Waals surface area contributed by atoms with Crippen molar-refractivity contribution in [2.24, 2.45) is 11.3 Å². The lowest BCUT2D eigenvalue weighted by Crippen LogP contribution is -2.47. The summed E-state index contributed by atoms with van der Waals surface area (Å²) in [7, 11) is 4.15. The average Bonchev–Trinajstić information content (AvgIpc) is 3.16. The first-order chi connectivity index (χ1) is 14.3. The Morgan fingerprint density at radius 1 is 1.30 bits per heavy atom. The predicted molar refractivity (Wildman–Crippen MR) is 116 cm³/mol. The first kappa shape index (κ1) is 21.6. The number of rotatable bonds is 6. The summed E-state index contributed by atoms with van der Waals surface area (Å²) in [6, 6.07) is 5.46. The van der Waals surface area contributed by atoms with Crippen LogP contribution in [0.25, 0.3) is 0 Å². The van der Waals surface area contributed by atoms with Gasteiger partial charge >= 0.3 is 0 Å². The van der Waals surface area contributed by atoms with Crippen LogP contribution >= 0.6 is 23.5 Å². The summed E-state index contributed by atoms with van der Waals surface area (Å²) in [6.07, 6.45) is 3.34. The van der Waals surface area contributed by atoms with Gasteiger partial charge < -0.3 is 14.5 Å². The molecule has 0 bridgehead atoms. The molecule has 2 unspecified atom stereocenters. The van der Waals surface area contributed by atoms with Gasteiger partial charge in [0, 0.05) is 25.7 Å². The van der Waals surface area contributed by atoms with Crippen LogP contribution in [0.2, 0.25) is 5.02 Å². The Kier molecular flexibility index (Phi) is 6.10. The Morgan fingerprint density at radius 3 is 2.77 bits per heavy atom. The van der Waals surface area contributed by atoms with Crippen LogP contribution in [0.15, 0.2) is 29.2 Å². The summed E-state index contributed by atoms with van der Waals surface area (Å²) in [4.78, 5) is 7.56. The number of nitrogens with zero attached hydrogens (tertiary/aromatic N) is 3. The minimum atomic E-state index is -0.819. The van der Waals surface area contributed by atoms with Gasteiger partial charge in [0.05, 0.1) is 5.69 Å². The van der Waals surface area contributed by atoms with Crippen LogP contribution in [0.5, 0.6) is 0 Å². The van der Waals surface area contributed by atoms with Gasteiger partial charge in [0.15, 0.2) is 5.82 Å². The van der Waals surface area contributed by atoms with Gasteiger partial charge in [-0.1, -0.05) is 17.7 Å². The third kappa shape index (κ3) is 4.09. The van der Waals surface area contributed by atoms with Crippen molar-refractivity contribution in [3.8, 4) is 0 Å². The van der Waals surface area contributed by atoms with Gasteiger partial charge in [-0.15, -0.1) is 0 Å². The number of hydrogen-bond acceptors (Lipinski definition) is 5. The molecular weight excluding hydrogens is 433 g/mol. The van der Waals surface area contributed by atoms with Crippen molar-refractivity contribution in [1.82, 2.24) is 9.88 Å². The second-order valence-corrected chi connectivity index (χ2v) is 9.61. The molecule has 9 heteroatoms. The van der Waals surface area contributed by atoms with Gasteiger partial charge in [0.1, 0.15) is 21.6 Å². The highest BCUT2D eigenvalue weighted by Crippen LogP contribution is 2.54. The molecule has 1 aromatic heterocycles. The van der Waals surface area contributed by atoms with Crippen LogP contribution < -0.4 is 9.62 Å². The maximum absolute atomic E-state index is 14.9. The third-order valence-electron chi connectivity index (χ3n) is 6.24. The van der Waals surface area contributed by atoms with E-state index in [4.69, 9.17) is 11.6 Å². The molecule has 1 aliphatic carbocycles. The average molecular weight is 457 g/mol. The Morgan fingerprint density at radius 2 is 2.10 bits per heavy atom. The quantitative estimate of drug-likeness (QED) is 0.355. The molecule has 4 rings (SSSR count). The van der Waals surface area contributed by atoms with Gasteiger partial charge in [-0.2, -0.15) is 4.39 Å². The van der Waals surface area contributed by atoms with Crippen molar-refractivity contribution in [3.05, 3.63) is 46.9 Å². The predicted octanol–water partition coefficient (Wildman–Crippen LogP) is 5.44. The summed E-state index contributed by atoms with van der Waals surface area (Å²) < 4.78 is 45.6. The number of pyridine rings is 1. The first-order valence-electron chi connectivity index (χ1n) is 9.92. The van der Waals surface area contributed by atoms with E-state index in [2.05, 4.69) is 28.7 Å². The molecule has 2 heterocycles. The van der Waals surface area contributed by atoms with E-state index in [1.54, 1.807) is 0 Å². The standard InChI is InChI=1S/C21H24ClF3N4S/c1-28(2)11-13-6-7-21(13)8-9-29(12-21)15-10-14(23)20(19(25)18(15)22)30-27-17-5-3-4-16(24)26-17/h3-5,10,13H,6-9,11-12H2,1-2H3,(H,26,27). The highest BCUT2D eigenvalue weighted by Gasteiger charge is 2.50. The van der Waals surface area contributed by atoms with Gasteiger partial charge in [-0.3, -0.25) is 0 Å². The molecule has 2 fully saturated rings. The van der Waals surface area contributed by atoms with Crippen LogP contribution in [0.1, 0.15) is 19.3 Å². The molecule has 1 aromatic carbocycles. The highest BCUT2D eigenvalue weighted by molar-refractivity contribution is 8.00. The zero-order valence-corrected chi connectivity index (χ0v) is 18.5. The topological polar surface area (TPSA) is 31.4 Å². The van der Waals surface area contributed by atoms with Crippen molar-refractivity contribution >= 4 is 35.1 Å². The van der Waals surface area contributed by atoms with Crippen LogP contribution in [-0.4, -0.2) is 43.6 Å². The molecule has 1 N–H and O–H groups in total. The SMILES string of the molecule is CN(C)CC1CCC12CCN(c1cc(F)c(SNc3cccc(F)n3)c(F)c1Cl)C2. The monoisotopic (exact) mass is 456 g/mol. The van der Waals surface area contributed by atoms with Gasteiger partial charge in [-0.25, -0.2) is 13.8 Å². The molecule has 4 nitrogen and oxygen atoms in total. The Bertz CT molecular complexity index is 945. The molecule has 1 saturated carbocycles. The number of anilines is 2. The maximum atomic E-state index is 14.9. The number of aromatic nitrogens is 1. The molecule has 162 valence electrons. The Labute approximate surface area is 183 Å². The van der Waals surface area contributed by atoms with Gasteiger partial charge in [0.25, 0.3) is 0 Å². The minimum absolute atomic E-state index is 0.0894. The largest absolute Gasteiger partial charge is 0.370 e. The molecule has 2 atom stereocenters. The van der Waals surface area contributed by atoms with Crippen molar-refractivity contribution in [2.45, 2.75) is 24.2 Å². The lowest BCUT2D eigenvalue weighted by Gasteiger charge is -2.48. The first-order valence-corrected chi connectivity index (χ1v) is 11.1.